The molecule has 148 valence electrons. The first-order chi connectivity index (χ1) is 14.0. The maximum absolute atomic E-state index is 12.8. The molecule has 0 spiro atoms. The van der Waals surface area contributed by atoms with Crippen LogP contribution in [0.3, 0.4) is 0 Å². The van der Waals surface area contributed by atoms with E-state index in [1.54, 1.807) is 12.1 Å². The second-order valence-electron chi connectivity index (χ2n) is 6.83. The molecular weight excluding hydrogens is 398 g/mol. The van der Waals surface area contributed by atoms with Crippen LogP contribution in [0, 0.1) is 10.1 Å². The van der Waals surface area contributed by atoms with Crippen LogP contribution in [0.5, 0.6) is 0 Å². The van der Waals surface area contributed by atoms with Crippen molar-refractivity contribution in [2.45, 2.75) is 31.3 Å². The molecular formula is C20H16ClN3O5. The zero-order valence-electron chi connectivity index (χ0n) is 15.2. The molecule has 3 aromatic rings. The van der Waals surface area contributed by atoms with Crippen LogP contribution < -0.4 is 0 Å². The fraction of sp³-hybridized carbons (Fsp3) is 0.250. The van der Waals surface area contributed by atoms with Gasteiger partial charge in [0.2, 0.25) is 5.89 Å². The third kappa shape index (κ3) is 3.71. The number of benzene rings is 2. The van der Waals surface area contributed by atoms with Crippen molar-refractivity contribution in [1.29, 1.82) is 0 Å². The molecule has 1 aromatic heterocycles. The van der Waals surface area contributed by atoms with Gasteiger partial charge < -0.3 is 9.15 Å². The number of halogens is 1. The van der Waals surface area contributed by atoms with Crippen molar-refractivity contribution in [2.75, 3.05) is 0 Å². The Morgan fingerprint density at radius 3 is 2.59 bits per heavy atom. The first-order valence-electron chi connectivity index (χ1n) is 8.98. The smallest absolute Gasteiger partial charge is 0.317 e. The fourth-order valence-corrected chi connectivity index (χ4v) is 3.54. The summed E-state index contributed by atoms with van der Waals surface area (Å²) in [5, 5.41) is 19.1. The van der Waals surface area contributed by atoms with E-state index >= 15 is 0 Å². The largest absolute Gasteiger partial charge is 0.455 e. The number of rotatable bonds is 6. The molecule has 0 saturated heterocycles. The van der Waals surface area contributed by atoms with Gasteiger partial charge in [-0.05, 0) is 42.7 Å². The number of nitrogens with zero attached hydrogens (tertiary/aromatic N) is 3. The molecule has 0 aliphatic heterocycles. The predicted molar refractivity (Wildman–Crippen MR) is 103 cm³/mol. The maximum Gasteiger partial charge on any atom is 0.317 e. The second-order valence-corrected chi connectivity index (χ2v) is 7.26. The molecule has 1 saturated carbocycles. The number of carbonyl (C=O) groups excluding carboxylic acids is 1. The second kappa shape index (κ2) is 7.63. The molecule has 0 unspecified atom stereocenters. The molecule has 1 fully saturated rings. The van der Waals surface area contributed by atoms with Crippen LogP contribution in [0.15, 0.2) is 52.9 Å². The average molecular weight is 414 g/mol. The van der Waals surface area contributed by atoms with Crippen LogP contribution in [-0.4, -0.2) is 21.1 Å². The minimum atomic E-state index is -0.688. The van der Waals surface area contributed by atoms with Gasteiger partial charge in [-0.15, -0.1) is 10.2 Å². The topological polar surface area (TPSA) is 108 Å². The van der Waals surface area contributed by atoms with Gasteiger partial charge >= 0.3 is 5.97 Å². The molecule has 1 aliphatic rings. The van der Waals surface area contributed by atoms with Crippen molar-refractivity contribution < 1.29 is 18.9 Å². The van der Waals surface area contributed by atoms with E-state index in [1.807, 2.05) is 12.1 Å². The number of aromatic nitrogens is 2. The van der Waals surface area contributed by atoms with Gasteiger partial charge in [0, 0.05) is 22.7 Å². The molecule has 1 aliphatic carbocycles. The van der Waals surface area contributed by atoms with Gasteiger partial charge in [-0.1, -0.05) is 30.2 Å². The standard InChI is InChI=1S/C20H16ClN3O5/c21-15-4-1-3-14(11-15)20(9-2-10-20)19(25)28-12-17-22-23-18(29-17)13-5-7-16(8-6-13)24(26)27/h1,3-8,11H,2,9-10,12H2. The van der Waals surface area contributed by atoms with Crippen molar-refractivity contribution in [3.05, 3.63) is 75.1 Å². The van der Waals surface area contributed by atoms with Crippen molar-refractivity contribution in [3.8, 4) is 11.5 Å². The SMILES string of the molecule is O=C(OCc1nnc(-c2ccc([N+](=O)[O-])cc2)o1)C1(c2cccc(Cl)c2)CCC1. The van der Waals surface area contributed by atoms with E-state index in [9.17, 15) is 14.9 Å². The highest BCUT2D eigenvalue weighted by Crippen LogP contribution is 2.45. The minimum Gasteiger partial charge on any atom is -0.455 e. The van der Waals surface area contributed by atoms with Gasteiger partial charge in [-0.25, -0.2) is 0 Å². The van der Waals surface area contributed by atoms with Crippen molar-refractivity contribution in [1.82, 2.24) is 10.2 Å². The Hall–Kier alpha value is -3.26. The molecule has 2 aromatic carbocycles. The number of non-ortho nitro benzene ring substituents is 1. The van der Waals surface area contributed by atoms with E-state index in [2.05, 4.69) is 10.2 Å². The number of nitro groups is 1. The number of carbonyl (C=O) groups is 1. The van der Waals surface area contributed by atoms with Gasteiger partial charge in [-0.2, -0.15) is 0 Å². The van der Waals surface area contributed by atoms with Crippen molar-refractivity contribution in [3.63, 3.8) is 0 Å². The molecule has 9 heteroatoms. The summed E-state index contributed by atoms with van der Waals surface area (Å²) in [5.74, 6) is -0.00693. The average Bonchev–Trinajstić information content (AvgIpc) is 3.15. The Morgan fingerprint density at radius 2 is 1.97 bits per heavy atom. The zero-order chi connectivity index (χ0) is 20.4. The van der Waals surface area contributed by atoms with Crippen LogP contribution in [0.2, 0.25) is 5.02 Å². The summed E-state index contributed by atoms with van der Waals surface area (Å²) >= 11 is 6.07. The summed E-state index contributed by atoms with van der Waals surface area (Å²) in [5.41, 5.74) is 0.661. The minimum absolute atomic E-state index is 0.0331. The summed E-state index contributed by atoms with van der Waals surface area (Å²) in [7, 11) is 0. The Labute approximate surface area is 170 Å². The number of ether oxygens (including phenoxy) is 1. The van der Waals surface area contributed by atoms with Gasteiger partial charge in [-0.3, -0.25) is 14.9 Å². The van der Waals surface area contributed by atoms with Crippen molar-refractivity contribution >= 4 is 23.3 Å². The predicted octanol–water partition coefficient (Wildman–Crippen LogP) is 4.46. The lowest BCUT2D eigenvalue weighted by Crippen LogP contribution is -2.43. The van der Waals surface area contributed by atoms with Crippen LogP contribution in [-0.2, 0) is 21.6 Å². The fourth-order valence-electron chi connectivity index (χ4n) is 3.35. The highest BCUT2D eigenvalue weighted by molar-refractivity contribution is 6.30. The Morgan fingerprint density at radius 1 is 1.21 bits per heavy atom. The molecule has 0 atom stereocenters. The Balaban J connectivity index is 1.44. The summed E-state index contributed by atoms with van der Waals surface area (Å²) in [6, 6.07) is 13.0. The summed E-state index contributed by atoms with van der Waals surface area (Å²) in [6.45, 7) is -0.152. The molecule has 0 radical (unpaired) electrons. The highest BCUT2D eigenvalue weighted by Gasteiger charge is 2.47. The van der Waals surface area contributed by atoms with E-state index in [0.717, 1.165) is 12.0 Å². The van der Waals surface area contributed by atoms with Gasteiger partial charge in [0.15, 0.2) is 6.61 Å². The summed E-state index contributed by atoms with van der Waals surface area (Å²) < 4.78 is 11.0. The quantitative estimate of drug-likeness (QED) is 0.333. The summed E-state index contributed by atoms with van der Waals surface area (Å²) in [6.07, 6.45) is 2.33. The van der Waals surface area contributed by atoms with Crippen LogP contribution in [0.4, 0.5) is 5.69 Å². The highest BCUT2D eigenvalue weighted by atomic mass is 35.5. The third-order valence-corrected chi connectivity index (χ3v) is 5.33. The third-order valence-electron chi connectivity index (χ3n) is 5.09. The Bertz CT molecular complexity index is 1060. The van der Waals surface area contributed by atoms with E-state index in [1.165, 1.54) is 24.3 Å². The molecule has 1 heterocycles. The zero-order valence-corrected chi connectivity index (χ0v) is 16.0. The molecule has 29 heavy (non-hydrogen) atoms. The normalized spacial score (nSPS) is 14.8. The number of hydrogen-bond donors (Lipinski definition) is 0. The van der Waals surface area contributed by atoms with E-state index < -0.39 is 10.3 Å². The maximum atomic E-state index is 12.8. The van der Waals surface area contributed by atoms with Crippen LogP contribution in [0.1, 0.15) is 30.7 Å². The van der Waals surface area contributed by atoms with Gasteiger partial charge in [0.25, 0.3) is 11.6 Å². The number of esters is 1. The van der Waals surface area contributed by atoms with E-state index in [4.69, 9.17) is 20.8 Å². The lowest BCUT2D eigenvalue weighted by atomic mass is 9.64. The number of nitro benzene ring substituents is 1. The lowest BCUT2D eigenvalue weighted by Gasteiger charge is -2.39. The first kappa shape index (κ1) is 19.1. The lowest BCUT2D eigenvalue weighted by molar-refractivity contribution is -0.384. The summed E-state index contributed by atoms with van der Waals surface area (Å²) in [4.78, 5) is 23.0. The van der Waals surface area contributed by atoms with E-state index in [0.29, 0.717) is 23.4 Å². The van der Waals surface area contributed by atoms with Crippen LogP contribution in [0.25, 0.3) is 11.5 Å². The number of hydrogen-bond acceptors (Lipinski definition) is 7. The first-order valence-corrected chi connectivity index (χ1v) is 9.36. The Kier molecular flexibility index (Phi) is 5.02. The molecule has 0 amide bonds. The van der Waals surface area contributed by atoms with E-state index in [-0.39, 0.29) is 30.0 Å². The van der Waals surface area contributed by atoms with Crippen LogP contribution >= 0.6 is 11.6 Å². The molecule has 0 bridgehead atoms. The molecule has 4 rings (SSSR count). The molecule has 8 nitrogen and oxygen atoms in total. The van der Waals surface area contributed by atoms with Gasteiger partial charge in [0.1, 0.15) is 0 Å². The van der Waals surface area contributed by atoms with Crippen molar-refractivity contribution in [2.24, 2.45) is 0 Å². The monoisotopic (exact) mass is 413 g/mol. The molecule has 0 N–H and O–H groups in total. The van der Waals surface area contributed by atoms with Gasteiger partial charge in [0.05, 0.1) is 10.3 Å².